The molecule has 9 heteroatoms. The molecule has 1 heterocycles. The number of amides is 1. The predicted octanol–water partition coefficient (Wildman–Crippen LogP) is 1.94. The second kappa shape index (κ2) is 12.2. The van der Waals surface area contributed by atoms with Crippen molar-refractivity contribution in [2.45, 2.75) is 25.2 Å². The number of nitrogens with one attached hydrogen (secondary N) is 1. The van der Waals surface area contributed by atoms with Gasteiger partial charge in [-0.25, -0.2) is 0 Å². The van der Waals surface area contributed by atoms with Crippen molar-refractivity contribution in [2.75, 3.05) is 13.2 Å². The Kier molecular flexibility index (Phi) is 9.50. The number of benzene rings is 3. The minimum atomic E-state index is -1.16. The zero-order valence-corrected chi connectivity index (χ0v) is 22.9. The van der Waals surface area contributed by atoms with Gasteiger partial charge in [0.1, 0.15) is 17.2 Å². The van der Waals surface area contributed by atoms with E-state index in [1.54, 1.807) is 30.3 Å². The minimum absolute atomic E-state index is 0. The molecule has 0 fully saturated rings. The molecule has 2 unspecified atom stereocenters. The summed E-state index contributed by atoms with van der Waals surface area (Å²) < 4.78 is 11.4. The molecule has 0 saturated carbocycles. The van der Waals surface area contributed by atoms with Crippen molar-refractivity contribution in [1.82, 2.24) is 5.32 Å². The maximum absolute atomic E-state index is 12.5. The molecule has 0 aromatic heterocycles. The quantitative estimate of drug-likeness (QED) is 0.480. The first kappa shape index (κ1) is 27.4. The zero-order valence-electron chi connectivity index (χ0n) is 19.3. The van der Waals surface area contributed by atoms with Gasteiger partial charge < -0.3 is 24.7 Å². The van der Waals surface area contributed by atoms with Gasteiger partial charge in [-0.15, -0.1) is 0 Å². The summed E-state index contributed by atoms with van der Waals surface area (Å²) in [5.41, 5.74) is 2.06. The number of rotatable bonds is 7. The maximum atomic E-state index is 12.5. The van der Waals surface area contributed by atoms with Crippen LogP contribution in [0.3, 0.4) is 0 Å². The van der Waals surface area contributed by atoms with Crippen LogP contribution in [0.15, 0.2) is 60.7 Å². The maximum Gasteiger partial charge on any atom is 1.00 e. The molecule has 1 N–H and O–H groups in total. The number of ether oxygens (including phenoxy) is 2. The summed E-state index contributed by atoms with van der Waals surface area (Å²) in [6.45, 7) is 2.78. The molecular weight excluding hydrogens is 500 g/mol. The van der Waals surface area contributed by atoms with Crippen LogP contribution < -0.4 is 49.5 Å². The Bertz CT molecular complexity index is 1200. The van der Waals surface area contributed by atoms with Crippen molar-refractivity contribution < 1.29 is 53.7 Å². The van der Waals surface area contributed by atoms with E-state index in [0.717, 1.165) is 5.56 Å². The SMILES string of the molecule is CC(CNC(=O)c1ccc(Oc2cc3c(cc2Cl)C(C(=O)[O-])CCO3)cc1)c1ccc(Cl)cc1.[Na+]. The van der Waals surface area contributed by atoms with Crippen molar-refractivity contribution >= 4 is 35.1 Å². The van der Waals surface area contributed by atoms with Gasteiger partial charge >= 0.3 is 29.6 Å². The molecule has 1 amide bonds. The first-order valence-electron chi connectivity index (χ1n) is 10.8. The first-order valence-corrected chi connectivity index (χ1v) is 11.6. The third kappa shape index (κ3) is 6.72. The number of carboxylic acid groups (broad SMARTS) is 1. The Morgan fingerprint density at radius 2 is 1.80 bits per heavy atom. The van der Waals surface area contributed by atoms with Crippen molar-refractivity contribution in [3.8, 4) is 17.2 Å². The fraction of sp³-hybridized carbons (Fsp3) is 0.231. The molecular formula is C26H22Cl2NNaO5. The van der Waals surface area contributed by atoms with E-state index >= 15 is 0 Å². The van der Waals surface area contributed by atoms with Crippen molar-refractivity contribution in [1.29, 1.82) is 0 Å². The molecule has 3 aromatic carbocycles. The van der Waals surface area contributed by atoms with E-state index in [2.05, 4.69) is 5.32 Å². The Morgan fingerprint density at radius 3 is 2.46 bits per heavy atom. The number of halogens is 2. The Labute approximate surface area is 235 Å². The van der Waals surface area contributed by atoms with Gasteiger partial charge in [0.05, 0.1) is 11.6 Å². The molecule has 35 heavy (non-hydrogen) atoms. The van der Waals surface area contributed by atoms with Crippen LogP contribution in [0.5, 0.6) is 17.2 Å². The molecule has 0 spiro atoms. The molecule has 0 radical (unpaired) electrons. The largest absolute Gasteiger partial charge is 1.00 e. The second-order valence-corrected chi connectivity index (χ2v) is 8.96. The standard InChI is InChI=1S/C26H23Cl2NO5.Na/c1-15(16-2-6-18(27)7-3-16)14-29-25(30)17-4-8-19(9-5-17)34-24-13-23-21(12-22(24)28)20(26(31)32)10-11-33-23;/h2-9,12-13,15,20H,10-11,14H2,1H3,(H,29,30)(H,31,32);/q;+1/p-1. The third-order valence-corrected chi connectivity index (χ3v) is 6.29. The fourth-order valence-electron chi connectivity index (χ4n) is 3.77. The van der Waals surface area contributed by atoms with Gasteiger partial charge in [0.2, 0.25) is 0 Å². The van der Waals surface area contributed by atoms with Crippen LogP contribution in [-0.4, -0.2) is 25.0 Å². The normalized spacial score (nSPS) is 15.1. The summed E-state index contributed by atoms with van der Waals surface area (Å²) in [6.07, 6.45) is 0.327. The summed E-state index contributed by atoms with van der Waals surface area (Å²) in [7, 11) is 0. The van der Waals surface area contributed by atoms with Gasteiger partial charge in [0, 0.05) is 40.6 Å². The van der Waals surface area contributed by atoms with Crippen LogP contribution in [0.2, 0.25) is 10.0 Å². The summed E-state index contributed by atoms with van der Waals surface area (Å²) in [5.74, 6) is -0.782. The van der Waals surface area contributed by atoms with Crippen molar-refractivity contribution in [3.05, 3.63) is 87.4 Å². The van der Waals surface area contributed by atoms with E-state index in [4.69, 9.17) is 32.7 Å². The zero-order chi connectivity index (χ0) is 24.2. The summed E-state index contributed by atoms with van der Waals surface area (Å²) in [4.78, 5) is 23.9. The van der Waals surface area contributed by atoms with E-state index in [1.807, 2.05) is 31.2 Å². The number of hydrogen-bond donors (Lipinski definition) is 1. The molecule has 6 nitrogen and oxygen atoms in total. The third-order valence-electron chi connectivity index (χ3n) is 5.74. The molecule has 1 aliphatic heterocycles. The van der Waals surface area contributed by atoms with Crippen LogP contribution >= 0.6 is 23.2 Å². The molecule has 3 aromatic rings. The van der Waals surface area contributed by atoms with E-state index in [-0.39, 0.29) is 53.0 Å². The number of hydrogen-bond acceptors (Lipinski definition) is 5. The topological polar surface area (TPSA) is 87.7 Å². The number of carboxylic acids is 1. The average Bonchev–Trinajstić information content (AvgIpc) is 2.83. The van der Waals surface area contributed by atoms with Gasteiger partial charge in [0.25, 0.3) is 5.91 Å². The summed E-state index contributed by atoms with van der Waals surface area (Å²) in [6, 6.07) is 17.3. The van der Waals surface area contributed by atoms with Crippen molar-refractivity contribution in [2.24, 2.45) is 0 Å². The average molecular weight is 522 g/mol. The Balaban J connectivity index is 0.00000342. The van der Waals surface area contributed by atoms with Crippen LogP contribution in [-0.2, 0) is 4.79 Å². The molecule has 2 atom stereocenters. The second-order valence-electron chi connectivity index (χ2n) is 8.12. The van der Waals surface area contributed by atoms with Crippen LogP contribution in [0.4, 0.5) is 0 Å². The van der Waals surface area contributed by atoms with Gasteiger partial charge in [-0.1, -0.05) is 42.3 Å². The Hall–Kier alpha value is -2.22. The van der Waals surface area contributed by atoms with E-state index in [1.165, 1.54) is 6.07 Å². The van der Waals surface area contributed by atoms with E-state index in [9.17, 15) is 14.7 Å². The molecule has 4 rings (SSSR count). The predicted molar refractivity (Wildman–Crippen MR) is 128 cm³/mol. The van der Waals surface area contributed by atoms with Gasteiger partial charge in [-0.05, 0) is 60.4 Å². The monoisotopic (exact) mass is 521 g/mol. The summed E-state index contributed by atoms with van der Waals surface area (Å²) in [5, 5.41) is 15.2. The Morgan fingerprint density at radius 1 is 1.11 bits per heavy atom. The molecule has 0 saturated heterocycles. The minimum Gasteiger partial charge on any atom is -0.549 e. The van der Waals surface area contributed by atoms with Crippen LogP contribution in [0.25, 0.3) is 0 Å². The molecule has 0 bridgehead atoms. The number of aliphatic carboxylic acids is 1. The molecule has 0 aliphatic carbocycles. The van der Waals surface area contributed by atoms with Crippen LogP contribution in [0, 0.1) is 0 Å². The fourth-order valence-corrected chi connectivity index (χ4v) is 4.11. The molecule has 176 valence electrons. The van der Waals surface area contributed by atoms with Gasteiger partial charge in [0.15, 0.2) is 0 Å². The van der Waals surface area contributed by atoms with Gasteiger partial charge in [-0.3, -0.25) is 4.79 Å². The number of carbonyl (C=O) groups is 2. The number of carbonyl (C=O) groups excluding carboxylic acids is 2. The van der Waals surface area contributed by atoms with Crippen molar-refractivity contribution in [3.63, 3.8) is 0 Å². The smallest absolute Gasteiger partial charge is 0.549 e. The van der Waals surface area contributed by atoms with E-state index in [0.29, 0.717) is 46.4 Å². The van der Waals surface area contributed by atoms with Crippen LogP contribution in [0.1, 0.15) is 46.7 Å². The first-order chi connectivity index (χ1) is 16.3. The number of fused-ring (bicyclic) bond motifs is 1. The molecule has 1 aliphatic rings. The van der Waals surface area contributed by atoms with Gasteiger partial charge in [-0.2, -0.15) is 0 Å². The van der Waals surface area contributed by atoms with E-state index < -0.39 is 11.9 Å². The summed E-state index contributed by atoms with van der Waals surface area (Å²) >= 11 is 12.3.